The molecule has 0 aliphatic rings. The van der Waals surface area contributed by atoms with E-state index >= 15 is 0 Å². The maximum atomic E-state index is 13.3. The summed E-state index contributed by atoms with van der Waals surface area (Å²) >= 11 is 6.44. The highest BCUT2D eigenvalue weighted by Crippen LogP contribution is 2.38. The lowest BCUT2D eigenvalue weighted by Gasteiger charge is -2.13. The molecule has 1 heterocycles. The molecule has 3 aromatic rings. The largest absolute Gasteiger partial charge is 0.443 e. The molecule has 13 heteroatoms. The number of amides is 1. The van der Waals surface area contributed by atoms with E-state index in [2.05, 4.69) is 15.0 Å². The highest BCUT2D eigenvalue weighted by molar-refractivity contribution is 7.87. The van der Waals surface area contributed by atoms with Crippen LogP contribution < -0.4 is 15.2 Å². The first-order valence-electron chi connectivity index (χ1n) is 9.80. The Morgan fingerprint density at radius 1 is 1.18 bits per heavy atom. The third kappa shape index (κ3) is 7.00. The number of halogens is 4. The number of nitrogens with two attached hydrogens (primary N) is 1. The van der Waals surface area contributed by atoms with Crippen molar-refractivity contribution in [1.82, 2.24) is 15.0 Å². The van der Waals surface area contributed by atoms with Gasteiger partial charge in [0.05, 0.1) is 23.0 Å². The van der Waals surface area contributed by atoms with Crippen molar-refractivity contribution in [2.75, 3.05) is 0 Å². The van der Waals surface area contributed by atoms with Crippen molar-refractivity contribution >= 4 is 39.1 Å². The van der Waals surface area contributed by atoms with Crippen LogP contribution in [0.3, 0.4) is 0 Å². The molecule has 2 aromatic carbocycles. The summed E-state index contributed by atoms with van der Waals surface area (Å²) in [5.41, 5.74) is 1.81. The molecule has 1 amide bonds. The minimum atomic E-state index is -4.62. The summed E-state index contributed by atoms with van der Waals surface area (Å²) in [6.07, 6.45) is -4.62. The lowest BCUT2D eigenvalue weighted by atomic mass is 9.99. The molecule has 0 saturated heterocycles. The van der Waals surface area contributed by atoms with E-state index in [1.54, 1.807) is 49.4 Å². The molecule has 0 fully saturated rings. The number of aromatic nitrogens is 1. The Hall–Kier alpha value is -2.51. The van der Waals surface area contributed by atoms with Crippen LogP contribution in [0, 0.1) is 0 Å². The summed E-state index contributed by atoms with van der Waals surface area (Å²) in [5.74, 6) is -1.00. The lowest BCUT2D eigenvalue weighted by molar-refractivity contribution is -0.137. The summed E-state index contributed by atoms with van der Waals surface area (Å²) in [7, 11) is -3.83. The zero-order valence-electron chi connectivity index (χ0n) is 17.7. The molecular formula is C21H20ClF3N4O3S2. The van der Waals surface area contributed by atoms with Crippen molar-refractivity contribution in [2.45, 2.75) is 32.1 Å². The topological polar surface area (TPSA) is 114 Å². The number of alkyl halides is 3. The van der Waals surface area contributed by atoms with E-state index in [1.807, 2.05) is 0 Å². The Bertz CT molecular complexity index is 1280. The highest BCUT2D eigenvalue weighted by atomic mass is 35.5. The van der Waals surface area contributed by atoms with Crippen molar-refractivity contribution in [1.29, 1.82) is 0 Å². The predicted molar refractivity (Wildman–Crippen MR) is 124 cm³/mol. The maximum Gasteiger partial charge on any atom is 0.443 e. The molecule has 34 heavy (non-hydrogen) atoms. The molecule has 4 N–H and O–H groups in total. The number of benzene rings is 2. The molecule has 0 aliphatic heterocycles. The van der Waals surface area contributed by atoms with Crippen LogP contribution in [0.4, 0.5) is 13.2 Å². The van der Waals surface area contributed by atoms with Gasteiger partial charge in [0.2, 0.25) is 5.91 Å². The Labute approximate surface area is 203 Å². The van der Waals surface area contributed by atoms with Crippen LogP contribution >= 0.6 is 22.9 Å². The number of carbonyl (C=O) groups is 1. The van der Waals surface area contributed by atoms with Crippen LogP contribution in [0.5, 0.6) is 0 Å². The van der Waals surface area contributed by atoms with E-state index in [9.17, 15) is 26.4 Å². The van der Waals surface area contributed by atoms with Gasteiger partial charge in [-0.1, -0.05) is 48.0 Å². The molecule has 182 valence electrons. The molecule has 1 atom stereocenters. The molecule has 0 saturated carbocycles. The quantitative estimate of drug-likeness (QED) is 0.403. The Morgan fingerprint density at radius 2 is 1.85 bits per heavy atom. The van der Waals surface area contributed by atoms with Gasteiger partial charge in [0.1, 0.15) is 0 Å². The average molecular weight is 533 g/mol. The summed E-state index contributed by atoms with van der Waals surface area (Å²) in [6.45, 7) is 1.51. The van der Waals surface area contributed by atoms with Gasteiger partial charge in [0.25, 0.3) is 10.2 Å². The SMILES string of the molecule is CC(C(=O)NCc1sc(C(F)(F)F)nc1-c1cccc(Cl)c1)c1ccc(CNS(N)(=O)=O)cc1. The normalized spacial score (nSPS) is 13.0. The third-order valence-electron chi connectivity index (χ3n) is 4.81. The molecule has 1 unspecified atom stereocenters. The van der Waals surface area contributed by atoms with Crippen LogP contribution in [0.1, 0.15) is 33.9 Å². The Kier molecular flexibility index (Phi) is 7.98. The zero-order chi connectivity index (χ0) is 25.1. The highest BCUT2D eigenvalue weighted by Gasteiger charge is 2.36. The van der Waals surface area contributed by atoms with E-state index in [0.29, 0.717) is 33.0 Å². The zero-order valence-corrected chi connectivity index (χ0v) is 20.1. The summed E-state index contributed by atoms with van der Waals surface area (Å²) < 4.78 is 63.9. The van der Waals surface area contributed by atoms with Gasteiger partial charge >= 0.3 is 6.18 Å². The van der Waals surface area contributed by atoms with Gasteiger partial charge in [0.15, 0.2) is 5.01 Å². The molecule has 0 bridgehead atoms. The summed E-state index contributed by atoms with van der Waals surface area (Å²) in [6, 6.07) is 12.9. The Morgan fingerprint density at radius 3 is 2.44 bits per heavy atom. The number of thiazole rings is 1. The van der Waals surface area contributed by atoms with Gasteiger partial charge in [-0.25, -0.2) is 10.1 Å². The van der Waals surface area contributed by atoms with Gasteiger partial charge in [-0.15, -0.1) is 11.3 Å². The van der Waals surface area contributed by atoms with Crippen molar-refractivity contribution in [2.24, 2.45) is 5.14 Å². The molecular weight excluding hydrogens is 513 g/mol. The molecule has 0 spiro atoms. The van der Waals surface area contributed by atoms with Crippen LogP contribution in [0.15, 0.2) is 48.5 Å². The maximum absolute atomic E-state index is 13.3. The monoisotopic (exact) mass is 532 g/mol. The number of hydrogen-bond donors (Lipinski definition) is 3. The molecule has 0 radical (unpaired) electrons. The second kappa shape index (κ2) is 10.4. The first-order valence-corrected chi connectivity index (χ1v) is 12.5. The number of hydrogen-bond acceptors (Lipinski definition) is 5. The van der Waals surface area contributed by atoms with E-state index in [4.69, 9.17) is 16.7 Å². The van der Waals surface area contributed by atoms with E-state index in [0.717, 1.165) is 0 Å². The molecule has 1 aromatic heterocycles. The van der Waals surface area contributed by atoms with Gasteiger partial charge in [0, 0.05) is 17.1 Å². The standard InChI is InChI=1S/C21H20ClF3N4O3S2/c1-12(14-7-5-13(6-8-14)10-28-34(26,31)32)19(30)27-11-17-18(15-3-2-4-16(22)9-15)29-20(33-17)21(23,24)25/h2-9,12,28H,10-11H2,1H3,(H,27,30)(H2,26,31,32). The number of rotatable bonds is 8. The average Bonchev–Trinajstić information content (AvgIpc) is 3.20. The third-order valence-corrected chi connectivity index (χ3v) is 6.69. The van der Waals surface area contributed by atoms with Crippen LogP contribution in [0.2, 0.25) is 5.02 Å². The Balaban J connectivity index is 1.73. The fourth-order valence-corrected chi connectivity index (χ4v) is 4.48. The minimum absolute atomic E-state index is 0.00110. The van der Waals surface area contributed by atoms with Crippen molar-refractivity contribution in [3.8, 4) is 11.3 Å². The van der Waals surface area contributed by atoms with Crippen LogP contribution in [-0.2, 0) is 34.3 Å². The van der Waals surface area contributed by atoms with Gasteiger partial charge < -0.3 is 5.32 Å². The van der Waals surface area contributed by atoms with Gasteiger partial charge in [-0.2, -0.15) is 26.3 Å². The van der Waals surface area contributed by atoms with E-state index in [1.165, 1.54) is 6.07 Å². The van der Waals surface area contributed by atoms with Crippen LogP contribution in [-0.4, -0.2) is 19.3 Å². The first kappa shape index (κ1) is 26.1. The van der Waals surface area contributed by atoms with Crippen molar-refractivity contribution < 1.29 is 26.4 Å². The fourth-order valence-electron chi connectivity index (χ4n) is 3.03. The summed E-state index contributed by atoms with van der Waals surface area (Å²) in [4.78, 5) is 16.7. The second-order valence-corrected chi connectivity index (χ2v) is 10.2. The van der Waals surface area contributed by atoms with Gasteiger partial charge in [-0.3, -0.25) is 4.79 Å². The number of nitrogens with zero attached hydrogens (tertiary/aromatic N) is 1. The fraction of sp³-hybridized carbons (Fsp3) is 0.238. The molecule has 0 aliphatic carbocycles. The van der Waals surface area contributed by atoms with Crippen molar-refractivity contribution in [3.63, 3.8) is 0 Å². The summed E-state index contributed by atoms with van der Waals surface area (Å²) in [5, 5.41) is 6.91. The minimum Gasteiger partial charge on any atom is -0.351 e. The van der Waals surface area contributed by atoms with Crippen molar-refractivity contribution in [3.05, 3.63) is 74.6 Å². The number of nitrogens with one attached hydrogen (secondary N) is 2. The lowest BCUT2D eigenvalue weighted by Crippen LogP contribution is -2.30. The van der Waals surface area contributed by atoms with E-state index in [-0.39, 0.29) is 23.7 Å². The molecule has 7 nitrogen and oxygen atoms in total. The predicted octanol–water partition coefficient (Wildman–Crippen LogP) is 4.20. The number of carbonyl (C=O) groups excluding carboxylic acids is 1. The van der Waals surface area contributed by atoms with Crippen LogP contribution in [0.25, 0.3) is 11.3 Å². The first-order chi connectivity index (χ1) is 15.8. The smallest absolute Gasteiger partial charge is 0.351 e. The second-order valence-electron chi connectivity index (χ2n) is 7.35. The van der Waals surface area contributed by atoms with E-state index < -0.39 is 33.2 Å². The van der Waals surface area contributed by atoms with Gasteiger partial charge in [-0.05, 0) is 30.2 Å². The molecule has 3 rings (SSSR count).